The van der Waals surface area contributed by atoms with E-state index in [9.17, 15) is 14.7 Å². The maximum atomic E-state index is 13.5. The molecule has 0 aromatic heterocycles. The zero-order valence-corrected chi connectivity index (χ0v) is 16.7. The van der Waals surface area contributed by atoms with E-state index in [0.717, 1.165) is 58.0 Å². The summed E-state index contributed by atoms with van der Waals surface area (Å²) in [6, 6.07) is 10.3. The first-order valence-corrected chi connectivity index (χ1v) is 10.9. The van der Waals surface area contributed by atoms with Crippen LogP contribution in [0.25, 0.3) is 0 Å². The van der Waals surface area contributed by atoms with E-state index in [2.05, 4.69) is 12.1 Å². The number of aliphatic hydroxyl groups excluding tert-OH is 1. The largest absolute Gasteiger partial charge is 0.393 e. The van der Waals surface area contributed by atoms with Crippen molar-refractivity contribution in [3.63, 3.8) is 0 Å². The molecule has 1 N–H and O–H groups in total. The lowest BCUT2D eigenvalue weighted by atomic mass is 9.82. The Morgan fingerprint density at radius 1 is 1.04 bits per heavy atom. The molecule has 1 unspecified atom stereocenters. The Bertz CT molecular complexity index is 699. The van der Waals surface area contributed by atoms with Crippen LogP contribution in [-0.2, 0) is 16.0 Å². The highest BCUT2D eigenvalue weighted by Gasteiger charge is 2.53. The Morgan fingerprint density at radius 2 is 1.71 bits per heavy atom. The lowest BCUT2D eigenvalue weighted by Crippen LogP contribution is -2.62. The third kappa shape index (κ3) is 3.69. The van der Waals surface area contributed by atoms with Crippen molar-refractivity contribution in [3.8, 4) is 0 Å². The van der Waals surface area contributed by atoms with Crippen LogP contribution in [0.3, 0.4) is 0 Å². The van der Waals surface area contributed by atoms with Crippen LogP contribution in [0.5, 0.6) is 0 Å². The second kappa shape index (κ2) is 8.24. The first kappa shape index (κ1) is 19.4. The van der Waals surface area contributed by atoms with Crippen molar-refractivity contribution in [1.82, 2.24) is 9.80 Å². The minimum atomic E-state index is -0.609. The summed E-state index contributed by atoms with van der Waals surface area (Å²) in [5.41, 5.74) is 0.636. The fraction of sp³-hybridized carbons (Fsp3) is 0.652. The number of hydrogen-bond acceptors (Lipinski definition) is 3. The smallest absolute Gasteiger partial charge is 0.248 e. The number of amides is 2. The van der Waals surface area contributed by atoms with Gasteiger partial charge in [0.15, 0.2) is 0 Å². The van der Waals surface area contributed by atoms with Crippen LogP contribution in [0.4, 0.5) is 0 Å². The molecule has 1 atom stereocenters. The van der Waals surface area contributed by atoms with Crippen molar-refractivity contribution in [1.29, 1.82) is 0 Å². The minimum absolute atomic E-state index is 0.0223. The van der Waals surface area contributed by atoms with E-state index in [1.54, 1.807) is 0 Å². The second-order valence-corrected chi connectivity index (χ2v) is 8.76. The Kier molecular flexibility index (Phi) is 5.72. The summed E-state index contributed by atoms with van der Waals surface area (Å²) in [6.07, 6.45) is 6.98. The van der Waals surface area contributed by atoms with Crippen molar-refractivity contribution in [2.45, 2.75) is 69.4 Å². The van der Waals surface area contributed by atoms with Crippen molar-refractivity contribution in [2.75, 3.05) is 19.6 Å². The zero-order valence-electron chi connectivity index (χ0n) is 16.7. The van der Waals surface area contributed by atoms with Crippen LogP contribution in [0.1, 0.15) is 56.9 Å². The van der Waals surface area contributed by atoms with Gasteiger partial charge in [-0.1, -0.05) is 30.3 Å². The average Bonchev–Trinajstić information content (AvgIpc) is 3.14. The molecule has 2 aliphatic heterocycles. The number of hydrogen-bond donors (Lipinski definition) is 1. The van der Waals surface area contributed by atoms with E-state index in [-0.39, 0.29) is 23.8 Å². The number of piperidine rings is 1. The second-order valence-electron chi connectivity index (χ2n) is 8.76. The molecule has 0 radical (unpaired) electrons. The number of likely N-dealkylation sites (tertiary alicyclic amines) is 2. The Morgan fingerprint density at radius 3 is 2.43 bits per heavy atom. The van der Waals surface area contributed by atoms with Crippen molar-refractivity contribution < 1.29 is 14.7 Å². The molecule has 1 aromatic carbocycles. The van der Waals surface area contributed by atoms with Crippen molar-refractivity contribution >= 4 is 11.8 Å². The van der Waals surface area contributed by atoms with Gasteiger partial charge in [0.05, 0.1) is 6.10 Å². The van der Waals surface area contributed by atoms with Crippen LogP contribution >= 0.6 is 0 Å². The molecular weight excluding hydrogens is 352 g/mol. The number of nitrogens with zero attached hydrogens (tertiary/aromatic N) is 2. The number of aliphatic hydroxyl groups is 1. The van der Waals surface area contributed by atoms with Crippen LogP contribution < -0.4 is 0 Å². The Balaban J connectivity index is 1.45. The van der Waals surface area contributed by atoms with Gasteiger partial charge in [0, 0.05) is 25.6 Å². The highest BCUT2D eigenvalue weighted by atomic mass is 16.3. The van der Waals surface area contributed by atoms with Gasteiger partial charge in [0.1, 0.15) is 5.54 Å². The van der Waals surface area contributed by atoms with Crippen LogP contribution in [0.2, 0.25) is 0 Å². The molecule has 3 aliphatic rings. The highest BCUT2D eigenvalue weighted by Crippen LogP contribution is 2.40. The lowest BCUT2D eigenvalue weighted by molar-refractivity contribution is -0.158. The third-order valence-corrected chi connectivity index (χ3v) is 7.02. The normalized spacial score (nSPS) is 30.8. The van der Waals surface area contributed by atoms with E-state index in [1.807, 2.05) is 28.0 Å². The van der Waals surface area contributed by atoms with E-state index >= 15 is 0 Å². The highest BCUT2D eigenvalue weighted by molar-refractivity contribution is 5.93. The van der Waals surface area contributed by atoms with Gasteiger partial charge in [0.2, 0.25) is 11.8 Å². The van der Waals surface area contributed by atoms with E-state index in [1.165, 1.54) is 5.56 Å². The summed E-state index contributed by atoms with van der Waals surface area (Å²) in [4.78, 5) is 30.7. The predicted octanol–water partition coefficient (Wildman–Crippen LogP) is 2.76. The summed E-state index contributed by atoms with van der Waals surface area (Å²) in [5.74, 6) is 0.296. The number of benzene rings is 1. The van der Waals surface area contributed by atoms with Gasteiger partial charge in [0.25, 0.3) is 0 Å². The first-order chi connectivity index (χ1) is 13.6. The molecule has 1 aliphatic carbocycles. The molecule has 2 heterocycles. The number of carbonyl (C=O) groups excluding carboxylic acids is 2. The molecule has 0 bridgehead atoms. The molecule has 2 amide bonds. The first-order valence-electron chi connectivity index (χ1n) is 10.9. The van der Waals surface area contributed by atoms with E-state index in [4.69, 9.17) is 0 Å². The molecule has 2 saturated heterocycles. The Hall–Kier alpha value is -1.88. The summed E-state index contributed by atoms with van der Waals surface area (Å²) in [7, 11) is 0. The molecule has 1 saturated carbocycles. The van der Waals surface area contributed by atoms with Crippen molar-refractivity contribution in [3.05, 3.63) is 35.9 Å². The monoisotopic (exact) mass is 384 g/mol. The average molecular weight is 385 g/mol. The van der Waals surface area contributed by atoms with Crippen LogP contribution in [-0.4, -0.2) is 58.0 Å². The molecule has 152 valence electrons. The summed E-state index contributed by atoms with van der Waals surface area (Å²) in [5, 5.41) is 9.76. The maximum absolute atomic E-state index is 13.5. The summed E-state index contributed by atoms with van der Waals surface area (Å²) >= 11 is 0. The fourth-order valence-corrected chi connectivity index (χ4v) is 5.41. The van der Waals surface area contributed by atoms with Gasteiger partial charge >= 0.3 is 0 Å². The standard InChI is InChI=1S/C23H32N2O3/c26-20-10-8-19(9-11-20)21(27)25-16-5-14-23(25)13-4-15-24(22(23)28)17-12-18-6-2-1-3-7-18/h1-3,6-7,19-20,26H,4-5,8-17H2. The maximum Gasteiger partial charge on any atom is 0.248 e. The molecule has 5 nitrogen and oxygen atoms in total. The molecule has 4 rings (SSSR count). The zero-order chi connectivity index (χ0) is 19.6. The SMILES string of the molecule is O=C(C1CCC(O)CC1)N1CCCC12CCCN(CCc1ccccc1)C2=O. The molecule has 5 heteroatoms. The van der Waals surface area contributed by atoms with E-state index < -0.39 is 5.54 Å². The quantitative estimate of drug-likeness (QED) is 0.868. The third-order valence-electron chi connectivity index (χ3n) is 7.02. The van der Waals surface area contributed by atoms with Crippen molar-refractivity contribution in [2.24, 2.45) is 5.92 Å². The van der Waals surface area contributed by atoms with Gasteiger partial charge in [-0.05, 0) is 63.4 Å². The molecular formula is C23H32N2O3. The van der Waals surface area contributed by atoms with Gasteiger partial charge in [-0.2, -0.15) is 0 Å². The molecule has 1 spiro atoms. The molecule has 1 aromatic rings. The minimum Gasteiger partial charge on any atom is -0.393 e. The van der Waals surface area contributed by atoms with Gasteiger partial charge in [-0.3, -0.25) is 9.59 Å². The lowest BCUT2D eigenvalue weighted by Gasteiger charge is -2.46. The predicted molar refractivity (Wildman–Crippen MR) is 108 cm³/mol. The van der Waals surface area contributed by atoms with Crippen LogP contribution in [0, 0.1) is 5.92 Å². The van der Waals surface area contributed by atoms with E-state index in [0.29, 0.717) is 19.4 Å². The number of rotatable bonds is 4. The summed E-state index contributed by atoms with van der Waals surface area (Å²) < 4.78 is 0. The fourth-order valence-electron chi connectivity index (χ4n) is 5.41. The topological polar surface area (TPSA) is 60.9 Å². The van der Waals surface area contributed by atoms with Crippen LogP contribution in [0.15, 0.2) is 30.3 Å². The summed E-state index contributed by atoms with van der Waals surface area (Å²) in [6.45, 7) is 2.23. The molecule has 3 fully saturated rings. The van der Waals surface area contributed by atoms with Gasteiger partial charge < -0.3 is 14.9 Å². The molecule has 28 heavy (non-hydrogen) atoms. The van der Waals surface area contributed by atoms with Gasteiger partial charge in [-0.25, -0.2) is 0 Å². The van der Waals surface area contributed by atoms with Gasteiger partial charge in [-0.15, -0.1) is 0 Å². The Labute approximate surface area is 167 Å². The number of carbonyl (C=O) groups is 2.